The molecule has 1 N–H and O–H groups in total. The molecule has 0 aliphatic heterocycles. The van der Waals surface area contributed by atoms with E-state index < -0.39 is 0 Å². The molecule has 1 aromatic rings. The van der Waals surface area contributed by atoms with Crippen LogP contribution in [0.5, 0.6) is 0 Å². The molecule has 1 amide bonds. The van der Waals surface area contributed by atoms with E-state index in [1.807, 2.05) is 0 Å². The fourth-order valence-corrected chi connectivity index (χ4v) is 2.35. The third-order valence-corrected chi connectivity index (χ3v) is 3.58. The molecule has 1 rings (SSSR count). The van der Waals surface area contributed by atoms with Crippen LogP contribution in [0.2, 0.25) is 5.28 Å². The molecule has 0 spiro atoms. The van der Waals surface area contributed by atoms with Gasteiger partial charge in [0.1, 0.15) is 5.82 Å². The molecule has 0 bridgehead atoms. The normalized spacial score (nSPS) is 10.6. The number of halogens is 1. The molecule has 0 radical (unpaired) electrons. The number of hydrogen-bond donors (Lipinski definition) is 1. The number of carbonyl (C=O) groups is 1. The molecule has 0 aliphatic rings. The minimum atomic E-state index is -0.00675. The minimum absolute atomic E-state index is 0.00675. The molecular formula is C16H26ClN3O. The molecular weight excluding hydrogens is 286 g/mol. The first-order chi connectivity index (χ1) is 10.2. The zero-order chi connectivity index (χ0) is 15.3. The maximum atomic E-state index is 11.7. The van der Waals surface area contributed by atoms with Crippen molar-refractivity contribution in [2.75, 3.05) is 5.32 Å². The van der Waals surface area contributed by atoms with Crippen LogP contribution < -0.4 is 5.32 Å². The summed E-state index contributed by atoms with van der Waals surface area (Å²) in [7, 11) is 0. The number of aromatic nitrogens is 2. The van der Waals surface area contributed by atoms with E-state index in [0.29, 0.717) is 12.2 Å². The molecule has 0 aromatic carbocycles. The average molecular weight is 312 g/mol. The van der Waals surface area contributed by atoms with Crippen molar-refractivity contribution in [2.24, 2.45) is 0 Å². The number of carbonyl (C=O) groups excluding carboxylic acids is 1. The van der Waals surface area contributed by atoms with Crippen molar-refractivity contribution in [1.29, 1.82) is 0 Å². The zero-order valence-corrected chi connectivity index (χ0v) is 13.7. The monoisotopic (exact) mass is 311 g/mol. The lowest BCUT2D eigenvalue weighted by Crippen LogP contribution is -2.12. The van der Waals surface area contributed by atoms with E-state index in [2.05, 4.69) is 22.2 Å². The Morgan fingerprint density at radius 1 is 1.10 bits per heavy atom. The average Bonchev–Trinajstić information content (AvgIpc) is 2.45. The van der Waals surface area contributed by atoms with Crippen LogP contribution in [0.4, 0.5) is 5.82 Å². The third-order valence-electron chi connectivity index (χ3n) is 3.40. The standard InChI is InChI=1S/C16H26ClN3O/c1-2-3-4-5-6-7-8-9-10-11-15(21)19-14-12-13-18-16(17)20-14/h12-13H,2-11H2,1H3,(H,18,19,20,21). The summed E-state index contributed by atoms with van der Waals surface area (Å²) in [5.74, 6) is 0.462. The Bertz CT molecular complexity index is 412. The van der Waals surface area contributed by atoms with E-state index in [9.17, 15) is 4.79 Å². The summed E-state index contributed by atoms with van der Waals surface area (Å²) < 4.78 is 0. The first-order valence-corrected chi connectivity index (χ1v) is 8.38. The van der Waals surface area contributed by atoms with Crippen molar-refractivity contribution < 1.29 is 4.79 Å². The summed E-state index contributed by atoms with van der Waals surface area (Å²) in [6.07, 6.45) is 13.3. The quantitative estimate of drug-likeness (QED) is 0.462. The highest BCUT2D eigenvalue weighted by Gasteiger charge is 2.03. The Balaban J connectivity index is 1.99. The number of nitrogens with one attached hydrogen (secondary N) is 1. The van der Waals surface area contributed by atoms with E-state index in [1.165, 1.54) is 51.1 Å². The van der Waals surface area contributed by atoms with Gasteiger partial charge < -0.3 is 5.32 Å². The number of nitrogens with zero attached hydrogens (tertiary/aromatic N) is 2. The van der Waals surface area contributed by atoms with Gasteiger partial charge in [-0.2, -0.15) is 0 Å². The van der Waals surface area contributed by atoms with E-state index in [0.717, 1.165) is 12.8 Å². The summed E-state index contributed by atoms with van der Waals surface area (Å²) in [5.41, 5.74) is 0. The van der Waals surface area contributed by atoms with Crippen LogP contribution in [0.1, 0.15) is 71.1 Å². The van der Waals surface area contributed by atoms with Gasteiger partial charge in [0.2, 0.25) is 11.2 Å². The largest absolute Gasteiger partial charge is 0.311 e. The second kappa shape index (κ2) is 11.5. The highest BCUT2D eigenvalue weighted by molar-refractivity contribution is 6.28. The molecule has 1 aromatic heterocycles. The summed E-state index contributed by atoms with van der Waals surface area (Å²) in [6, 6.07) is 1.64. The zero-order valence-electron chi connectivity index (χ0n) is 12.9. The Morgan fingerprint density at radius 2 is 1.71 bits per heavy atom. The fourth-order valence-electron chi connectivity index (χ4n) is 2.21. The molecule has 118 valence electrons. The third kappa shape index (κ3) is 9.40. The number of amides is 1. The van der Waals surface area contributed by atoms with Crippen molar-refractivity contribution in [3.05, 3.63) is 17.5 Å². The van der Waals surface area contributed by atoms with Crippen molar-refractivity contribution in [3.63, 3.8) is 0 Å². The highest BCUT2D eigenvalue weighted by Crippen LogP contribution is 2.11. The first-order valence-electron chi connectivity index (χ1n) is 8.00. The van der Waals surface area contributed by atoms with Crippen LogP contribution in [-0.2, 0) is 4.79 Å². The van der Waals surface area contributed by atoms with Gasteiger partial charge in [-0.3, -0.25) is 4.79 Å². The van der Waals surface area contributed by atoms with Crippen LogP contribution >= 0.6 is 11.6 Å². The molecule has 0 fully saturated rings. The Kier molecular flexibility index (Phi) is 9.79. The van der Waals surface area contributed by atoms with Crippen LogP contribution in [0.3, 0.4) is 0 Å². The second-order valence-electron chi connectivity index (χ2n) is 5.34. The van der Waals surface area contributed by atoms with Crippen molar-refractivity contribution in [2.45, 2.75) is 71.1 Å². The Labute approximate surface area is 132 Å². The van der Waals surface area contributed by atoms with Crippen LogP contribution in [-0.4, -0.2) is 15.9 Å². The van der Waals surface area contributed by atoms with Crippen molar-refractivity contribution in [3.8, 4) is 0 Å². The maximum Gasteiger partial charge on any atom is 0.225 e. The summed E-state index contributed by atoms with van der Waals surface area (Å²) in [5, 5.41) is 2.88. The number of hydrogen-bond acceptors (Lipinski definition) is 3. The molecule has 4 nitrogen and oxygen atoms in total. The van der Waals surface area contributed by atoms with Crippen molar-refractivity contribution in [1.82, 2.24) is 9.97 Å². The maximum absolute atomic E-state index is 11.7. The number of unbranched alkanes of at least 4 members (excludes halogenated alkanes) is 8. The van der Waals surface area contributed by atoms with Crippen LogP contribution in [0.25, 0.3) is 0 Å². The second-order valence-corrected chi connectivity index (χ2v) is 5.68. The SMILES string of the molecule is CCCCCCCCCCCC(=O)Nc1ccnc(Cl)n1. The lowest BCUT2D eigenvalue weighted by molar-refractivity contribution is -0.116. The fraction of sp³-hybridized carbons (Fsp3) is 0.688. The predicted molar refractivity (Wildman–Crippen MR) is 87.5 cm³/mol. The molecule has 0 atom stereocenters. The molecule has 5 heteroatoms. The lowest BCUT2D eigenvalue weighted by Gasteiger charge is -2.04. The predicted octanol–water partition coefficient (Wildman–Crippen LogP) is 4.99. The molecule has 0 aliphatic carbocycles. The van der Waals surface area contributed by atoms with E-state index in [-0.39, 0.29) is 11.2 Å². The lowest BCUT2D eigenvalue weighted by atomic mass is 10.1. The van der Waals surface area contributed by atoms with E-state index >= 15 is 0 Å². The van der Waals surface area contributed by atoms with Gasteiger partial charge in [-0.15, -0.1) is 0 Å². The number of rotatable bonds is 11. The smallest absolute Gasteiger partial charge is 0.225 e. The van der Waals surface area contributed by atoms with Crippen molar-refractivity contribution >= 4 is 23.3 Å². The molecule has 1 heterocycles. The van der Waals surface area contributed by atoms with Gasteiger partial charge in [0, 0.05) is 12.6 Å². The Morgan fingerprint density at radius 3 is 2.33 bits per heavy atom. The van der Waals surface area contributed by atoms with Crippen LogP contribution in [0, 0.1) is 0 Å². The topological polar surface area (TPSA) is 54.9 Å². The summed E-state index contributed by atoms with van der Waals surface area (Å²) >= 11 is 5.66. The first kappa shape index (κ1) is 17.9. The van der Waals surface area contributed by atoms with Gasteiger partial charge in [-0.1, -0.05) is 58.3 Å². The van der Waals surface area contributed by atoms with E-state index in [4.69, 9.17) is 11.6 Å². The molecule has 0 unspecified atom stereocenters. The van der Waals surface area contributed by atoms with Gasteiger partial charge in [0.15, 0.2) is 0 Å². The number of anilines is 1. The molecule has 21 heavy (non-hydrogen) atoms. The summed E-state index contributed by atoms with van der Waals surface area (Å²) in [4.78, 5) is 19.4. The van der Waals surface area contributed by atoms with Gasteiger partial charge in [0.25, 0.3) is 0 Å². The molecule has 0 saturated heterocycles. The summed E-state index contributed by atoms with van der Waals surface area (Å²) in [6.45, 7) is 2.24. The minimum Gasteiger partial charge on any atom is -0.311 e. The van der Waals surface area contributed by atoms with E-state index in [1.54, 1.807) is 6.07 Å². The Hall–Kier alpha value is -1.16. The van der Waals surface area contributed by atoms with Gasteiger partial charge in [-0.05, 0) is 24.1 Å². The van der Waals surface area contributed by atoms with Gasteiger partial charge in [0.05, 0.1) is 0 Å². The van der Waals surface area contributed by atoms with Gasteiger partial charge in [-0.25, -0.2) is 9.97 Å². The van der Waals surface area contributed by atoms with Gasteiger partial charge >= 0.3 is 0 Å². The van der Waals surface area contributed by atoms with Crippen LogP contribution in [0.15, 0.2) is 12.3 Å². The highest BCUT2D eigenvalue weighted by atomic mass is 35.5. The molecule has 0 saturated carbocycles.